The van der Waals surface area contributed by atoms with Gasteiger partial charge in [0.2, 0.25) is 0 Å². The number of nitrogens with zero attached hydrogens (tertiary/aromatic N) is 2. The van der Waals surface area contributed by atoms with Crippen molar-refractivity contribution in [2.45, 2.75) is 6.42 Å². The van der Waals surface area contributed by atoms with E-state index in [4.69, 9.17) is 4.74 Å². The summed E-state index contributed by atoms with van der Waals surface area (Å²) in [6.07, 6.45) is 5.66. The van der Waals surface area contributed by atoms with E-state index in [2.05, 4.69) is 15.3 Å². The summed E-state index contributed by atoms with van der Waals surface area (Å²) in [5.74, 6) is 0.551. The predicted molar refractivity (Wildman–Crippen MR) is 70.7 cm³/mol. The van der Waals surface area contributed by atoms with Crippen LogP contribution in [0, 0.1) is 0 Å². The maximum absolute atomic E-state index is 11.5. The van der Waals surface area contributed by atoms with Crippen LogP contribution in [-0.4, -0.2) is 29.0 Å². The predicted octanol–water partition coefficient (Wildman–Crippen LogP) is 1.21. The molecular formula is C14H15N3O2. The monoisotopic (exact) mass is 257 g/mol. The Labute approximate surface area is 111 Å². The number of benzene rings is 1. The smallest absolute Gasteiger partial charge is 0.257 e. The largest absolute Gasteiger partial charge is 0.484 e. The standard InChI is InChI=1S/C14H15N3O2/c18-14(10-19-13-4-2-1-3-5-13)17-7-6-12-8-15-11-16-9-12/h1-5,8-9,11H,6-7,10H2,(H,17,18). The van der Waals surface area contributed by atoms with Crippen molar-refractivity contribution < 1.29 is 9.53 Å². The zero-order valence-electron chi connectivity index (χ0n) is 10.5. The molecule has 5 heteroatoms. The Kier molecular flexibility index (Phi) is 4.87. The fourth-order valence-electron chi connectivity index (χ4n) is 1.52. The van der Waals surface area contributed by atoms with E-state index in [0.717, 1.165) is 5.56 Å². The lowest BCUT2D eigenvalue weighted by molar-refractivity contribution is -0.123. The van der Waals surface area contributed by atoms with Crippen molar-refractivity contribution in [1.29, 1.82) is 0 Å². The molecule has 98 valence electrons. The molecule has 0 radical (unpaired) electrons. The first kappa shape index (κ1) is 13.0. The number of rotatable bonds is 6. The molecule has 5 nitrogen and oxygen atoms in total. The van der Waals surface area contributed by atoms with Gasteiger partial charge >= 0.3 is 0 Å². The number of carbonyl (C=O) groups excluding carboxylic acids is 1. The summed E-state index contributed by atoms with van der Waals surface area (Å²) in [5, 5.41) is 2.78. The summed E-state index contributed by atoms with van der Waals surface area (Å²) < 4.78 is 5.33. The van der Waals surface area contributed by atoms with Crippen molar-refractivity contribution in [2.75, 3.05) is 13.2 Å². The van der Waals surface area contributed by atoms with Crippen molar-refractivity contribution in [3.8, 4) is 5.75 Å². The topological polar surface area (TPSA) is 64.1 Å². The van der Waals surface area contributed by atoms with Crippen LogP contribution in [0.5, 0.6) is 5.75 Å². The normalized spacial score (nSPS) is 9.89. The molecule has 0 saturated carbocycles. The highest BCUT2D eigenvalue weighted by atomic mass is 16.5. The Balaban J connectivity index is 1.65. The summed E-state index contributed by atoms with van der Waals surface area (Å²) in [7, 11) is 0. The molecule has 0 saturated heterocycles. The molecule has 0 unspecified atom stereocenters. The Morgan fingerprint density at radius 2 is 1.89 bits per heavy atom. The van der Waals surface area contributed by atoms with E-state index >= 15 is 0 Å². The van der Waals surface area contributed by atoms with Gasteiger partial charge in [-0.25, -0.2) is 9.97 Å². The van der Waals surface area contributed by atoms with Crippen LogP contribution >= 0.6 is 0 Å². The summed E-state index contributed by atoms with van der Waals surface area (Å²) in [6, 6.07) is 9.25. The molecular weight excluding hydrogens is 242 g/mol. The lowest BCUT2D eigenvalue weighted by Crippen LogP contribution is -2.30. The van der Waals surface area contributed by atoms with E-state index < -0.39 is 0 Å². The molecule has 1 aromatic heterocycles. The third kappa shape index (κ3) is 4.75. The molecule has 2 aromatic rings. The van der Waals surface area contributed by atoms with Crippen LogP contribution in [-0.2, 0) is 11.2 Å². The SMILES string of the molecule is O=C(COc1ccccc1)NCCc1cncnc1. The maximum Gasteiger partial charge on any atom is 0.257 e. The van der Waals surface area contributed by atoms with E-state index in [1.165, 1.54) is 6.33 Å². The van der Waals surface area contributed by atoms with E-state index in [0.29, 0.717) is 18.7 Å². The summed E-state index contributed by atoms with van der Waals surface area (Å²) in [4.78, 5) is 19.4. The minimum absolute atomic E-state index is 0.0231. The number of hydrogen-bond donors (Lipinski definition) is 1. The number of nitrogens with one attached hydrogen (secondary N) is 1. The molecule has 0 aliphatic rings. The van der Waals surface area contributed by atoms with Gasteiger partial charge in [-0.2, -0.15) is 0 Å². The van der Waals surface area contributed by atoms with Gasteiger partial charge in [-0.15, -0.1) is 0 Å². The zero-order valence-corrected chi connectivity index (χ0v) is 10.5. The molecule has 0 spiro atoms. The van der Waals surface area contributed by atoms with E-state index in [9.17, 15) is 4.79 Å². The molecule has 2 rings (SSSR count). The molecule has 1 aromatic carbocycles. The first-order valence-electron chi connectivity index (χ1n) is 6.03. The zero-order chi connectivity index (χ0) is 13.3. The second-order valence-corrected chi connectivity index (χ2v) is 3.95. The van der Waals surface area contributed by atoms with Gasteiger partial charge in [0, 0.05) is 18.9 Å². The van der Waals surface area contributed by atoms with Crippen molar-refractivity contribution in [2.24, 2.45) is 0 Å². The number of amides is 1. The molecule has 1 N–H and O–H groups in total. The third-order valence-electron chi connectivity index (χ3n) is 2.46. The van der Waals surface area contributed by atoms with Crippen LogP contribution in [0.1, 0.15) is 5.56 Å². The molecule has 0 aliphatic heterocycles. The van der Waals surface area contributed by atoms with Crippen LogP contribution in [0.4, 0.5) is 0 Å². The number of hydrogen-bond acceptors (Lipinski definition) is 4. The fourth-order valence-corrected chi connectivity index (χ4v) is 1.52. The lowest BCUT2D eigenvalue weighted by atomic mass is 10.2. The number of para-hydroxylation sites is 1. The Morgan fingerprint density at radius 1 is 1.16 bits per heavy atom. The highest BCUT2D eigenvalue weighted by Gasteiger charge is 2.02. The van der Waals surface area contributed by atoms with Gasteiger partial charge in [0.05, 0.1) is 0 Å². The van der Waals surface area contributed by atoms with Gasteiger partial charge in [-0.05, 0) is 24.1 Å². The molecule has 1 amide bonds. The quantitative estimate of drug-likeness (QED) is 0.845. The third-order valence-corrected chi connectivity index (χ3v) is 2.46. The van der Waals surface area contributed by atoms with Crippen molar-refractivity contribution in [3.05, 3.63) is 54.6 Å². The van der Waals surface area contributed by atoms with E-state index in [-0.39, 0.29) is 12.5 Å². The fraction of sp³-hybridized carbons (Fsp3) is 0.214. The van der Waals surface area contributed by atoms with Crippen molar-refractivity contribution in [3.63, 3.8) is 0 Å². The van der Waals surface area contributed by atoms with Crippen LogP contribution in [0.25, 0.3) is 0 Å². The molecule has 0 bridgehead atoms. The number of aromatic nitrogens is 2. The molecule has 0 aliphatic carbocycles. The summed E-state index contributed by atoms with van der Waals surface area (Å²) in [6.45, 7) is 0.569. The minimum Gasteiger partial charge on any atom is -0.484 e. The van der Waals surface area contributed by atoms with Crippen LogP contribution in [0.2, 0.25) is 0 Å². The van der Waals surface area contributed by atoms with Gasteiger partial charge in [-0.1, -0.05) is 18.2 Å². The van der Waals surface area contributed by atoms with Crippen LogP contribution in [0.3, 0.4) is 0 Å². The highest BCUT2D eigenvalue weighted by Crippen LogP contribution is 2.07. The summed E-state index contributed by atoms with van der Waals surface area (Å²) in [5.41, 5.74) is 0.992. The number of ether oxygens (including phenoxy) is 1. The van der Waals surface area contributed by atoms with Gasteiger partial charge in [0.25, 0.3) is 5.91 Å². The van der Waals surface area contributed by atoms with Crippen molar-refractivity contribution in [1.82, 2.24) is 15.3 Å². The molecule has 0 atom stereocenters. The van der Waals surface area contributed by atoms with Gasteiger partial charge < -0.3 is 10.1 Å². The lowest BCUT2D eigenvalue weighted by Gasteiger charge is -2.07. The summed E-state index contributed by atoms with van der Waals surface area (Å²) >= 11 is 0. The van der Waals surface area contributed by atoms with Crippen LogP contribution in [0.15, 0.2) is 49.1 Å². The maximum atomic E-state index is 11.5. The van der Waals surface area contributed by atoms with Gasteiger partial charge in [0.15, 0.2) is 6.61 Å². The molecule has 19 heavy (non-hydrogen) atoms. The molecule has 1 heterocycles. The first-order chi connectivity index (χ1) is 9.34. The van der Waals surface area contributed by atoms with Gasteiger partial charge in [-0.3, -0.25) is 4.79 Å². The second-order valence-electron chi connectivity index (χ2n) is 3.95. The Hall–Kier alpha value is -2.43. The van der Waals surface area contributed by atoms with Crippen molar-refractivity contribution >= 4 is 5.91 Å². The van der Waals surface area contributed by atoms with E-state index in [1.807, 2.05) is 30.3 Å². The second kappa shape index (κ2) is 7.10. The molecule has 0 fully saturated rings. The number of carbonyl (C=O) groups is 1. The van der Waals surface area contributed by atoms with Gasteiger partial charge in [0.1, 0.15) is 12.1 Å². The van der Waals surface area contributed by atoms with Crippen LogP contribution < -0.4 is 10.1 Å². The average molecular weight is 257 g/mol. The first-order valence-corrected chi connectivity index (χ1v) is 6.03. The Morgan fingerprint density at radius 3 is 2.63 bits per heavy atom. The average Bonchev–Trinajstić information content (AvgIpc) is 2.47. The van der Waals surface area contributed by atoms with E-state index in [1.54, 1.807) is 12.4 Å². The highest BCUT2D eigenvalue weighted by molar-refractivity contribution is 5.77. The Bertz CT molecular complexity index is 503. The minimum atomic E-state index is -0.138.